The molecular formula is C18H22ClNS. The first-order chi connectivity index (χ1) is 10.1. The van der Waals surface area contributed by atoms with Crippen molar-refractivity contribution < 1.29 is 0 Å². The van der Waals surface area contributed by atoms with Crippen molar-refractivity contribution >= 4 is 23.4 Å². The molecule has 2 aromatic carbocycles. The Kier molecular flexibility index (Phi) is 6.16. The summed E-state index contributed by atoms with van der Waals surface area (Å²) in [6.07, 6.45) is 0. The third kappa shape index (κ3) is 4.77. The van der Waals surface area contributed by atoms with Crippen LogP contribution < -0.4 is 5.32 Å². The fraction of sp³-hybridized carbons (Fsp3) is 0.333. The lowest BCUT2D eigenvalue weighted by Crippen LogP contribution is -2.19. The second-order valence-electron chi connectivity index (χ2n) is 5.34. The molecule has 2 aromatic rings. The van der Waals surface area contributed by atoms with Crippen molar-refractivity contribution in [2.75, 3.05) is 12.8 Å². The molecule has 3 heteroatoms. The zero-order valence-electron chi connectivity index (χ0n) is 12.8. The minimum absolute atomic E-state index is 0.392. The summed E-state index contributed by atoms with van der Waals surface area (Å²) >= 11 is 7.86. The number of thioether (sulfide) groups is 1. The van der Waals surface area contributed by atoms with Gasteiger partial charge in [-0.15, -0.1) is 0 Å². The van der Waals surface area contributed by atoms with Crippen LogP contribution in [0, 0.1) is 13.8 Å². The molecule has 2 rings (SSSR count). The van der Waals surface area contributed by atoms with Gasteiger partial charge in [-0.3, -0.25) is 0 Å². The highest BCUT2D eigenvalue weighted by atomic mass is 35.5. The third-order valence-electron chi connectivity index (χ3n) is 3.62. The molecule has 0 heterocycles. The Hall–Kier alpha value is -0.960. The molecular weight excluding hydrogens is 298 g/mol. The molecule has 1 atom stereocenters. The molecule has 0 spiro atoms. The molecule has 0 bridgehead atoms. The SMILES string of the molecule is CNC(CSCc1ccc(Cl)cc1)c1ccc(C)cc1C. The molecule has 0 radical (unpaired) electrons. The van der Waals surface area contributed by atoms with Crippen LogP contribution >= 0.6 is 23.4 Å². The van der Waals surface area contributed by atoms with Crippen LogP contribution in [0.15, 0.2) is 42.5 Å². The maximum absolute atomic E-state index is 5.91. The summed E-state index contributed by atoms with van der Waals surface area (Å²) in [5, 5.41) is 4.23. The van der Waals surface area contributed by atoms with Gasteiger partial charge < -0.3 is 5.32 Å². The highest BCUT2D eigenvalue weighted by molar-refractivity contribution is 7.98. The lowest BCUT2D eigenvalue weighted by molar-refractivity contribution is 0.657. The predicted octanol–water partition coefficient (Wildman–Crippen LogP) is 5.15. The number of halogens is 1. The van der Waals surface area contributed by atoms with Crippen LogP contribution in [0.25, 0.3) is 0 Å². The molecule has 0 aliphatic heterocycles. The monoisotopic (exact) mass is 319 g/mol. The van der Waals surface area contributed by atoms with E-state index in [9.17, 15) is 0 Å². The molecule has 0 saturated heterocycles. The Morgan fingerprint density at radius 2 is 1.81 bits per heavy atom. The Balaban J connectivity index is 1.94. The Morgan fingerprint density at radius 1 is 1.10 bits per heavy atom. The van der Waals surface area contributed by atoms with Crippen LogP contribution in [-0.2, 0) is 5.75 Å². The van der Waals surface area contributed by atoms with E-state index in [1.165, 1.54) is 22.3 Å². The smallest absolute Gasteiger partial charge is 0.0412 e. The van der Waals surface area contributed by atoms with Gasteiger partial charge in [0.15, 0.2) is 0 Å². The van der Waals surface area contributed by atoms with Gasteiger partial charge in [0.1, 0.15) is 0 Å². The normalized spacial score (nSPS) is 12.4. The van der Waals surface area contributed by atoms with Gasteiger partial charge in [0, 0.05) is 22.6 Å². The van der Waals surface area contributed by atoms with Gasteiger partial charge in [-0.25, -0.2) is 0 Å². The average Bonchev–Trinajstić information content (AvgIpc) is 2.46. The van der Waals surface area contributed by atoms with Gasteiger partial charge in [0.05, 0.1) is 0 Å². The Morgan fingerprint density at radius 3 is 2.43 bits per heavy atom. The van der Waals surface area contributed by atoms with Crippen LogP contribution in [0.4, 0.5) is 0 Å². The fourth-order valence-electron chi connectivity index (χ4n) is 2.42. The standard InChI is InChI=1S/C18H22ClNS/c1-13-4-9-17(14(2)10-13)18(20-3)12-21-11-15-5-7-16(19)8-6-15/h4-10,18,20H,11-12H2,1-3H3. The van der Waals surface area contributed by atoms with Gasteiger partial charge in [-0.05, 0) is 49.7 Å². The second-order valence-corrected chi connectivity index (χ2v) is 6.81. The summed E-state index contributed by atoms with van der Waals surface area (Å²) in [4.78, 5) is 0. The molecule has 0 fully saturated rings. The van der Waals surface area contributed by atoms with Crippen LogP contribution in [0.3, 0.4) is 0 Å². The quantitative estimate of drug-likeness (QED) is 0.790. The van der Waals surface area contributed by atoms with Gasteiger partial charge in [-0.2, -0.15) is 11.8 Å². The zero-order valence-corrected chi connectivity index (χ0v) is 14.4. The second kappa shape index (κ2) is 7.88. The van der Waals surface area contributed by atoms with Crippen molar-refractivity contribution in [1.29, 1.82) is 0 Å². The number of nitrogens with one attached hydrogen (secondary N) is 1. The molecule has 1 unspecified atom stereocenters. The molecule has 0 aromatic heterocycles. The highest BCUT2D eigenvalue weighted by Gasteiger charge is 2.11. The van der Waals surface area contributed by atoms with Gasteiger partial charge in [-0.1, -0.05) is 47.5 Å². The summed E-state index contributed by atoms with van der Waals surface area (Å²) in [7, 11) is 2.03. The highest BCUT2D eigenvalue weighted by Crippen LogP contribution is 2.24. The van der Waals surface area contributed by atoms with Gasteiger partial charge in [0.25, 0.3) is 0 Å². The molecule has 0 aliphatic carbocycles. The maximum Gasteiger partial charge on any atom is 0.0412 e. The summed E-state index contributed by atoms with van der Waals surface area (Å²) in [6.45, 7) is 4.33. The lowest BCUT2D eigenvalue weighted by Gasteiger charge is -2.19. The predicted molar refractivity (Wildman–Crippen MR) is 95.3 cm³/mol. The fourth-order valence-corrected chi connectivity index (χ4v) is 3.67. The van der Waals surface area contributed by atoms with E-state index in [2.05, 4.69) is 49.5 Å². The van der Waals surface area contributed by atoms with Crippen LogP contribution in [0.1, 0.15) is 28.3 Å². The van der Waals surface area contributed by atoms with Crippen LogP contribution in [-0.4, -0.2) is 12.8 Å². The van der Waals surface area contributed by atoms with E-state index < -0.39 is 0 Å². The van der Waals surface area contributed by atoms with Crippen molar-refractivity contribution in [3.05, 3.63) is 69.7 Å². The number of aryl methyl sites for hydroxylation is 2. The summed E-state index contributed by atoms with van der Waals surface area (Å²) in [5.41, 5.74) is 5.40. The minimum Gasteiger partial charge on any atom is -0.312 e. The van der Waals surface area contributed by atoms with Gasteiger partial charge in [0.2, 0.25) is 0 Å². The molecule has 0 aliphatic rings. The Bertz CT molecular complexity index is 580. The minimum atomic E-state index is 0.392. The van der Waals surface area contributed by atoms with Crippen molar-refractivity contribution in [3.8, 4) is 0 Å². The molecule has 1 N–H and O–H groups in total. The summed E-state index contributed by atoms with van der Waals surface area (Å²) < 4.78 is 0. The van der Waals surface area contributed by atoms with Crippen molar-refractivity contribution in [2.24, 2.45) is 0 Å². The van der Waals surface area contributed by atoms with E-state index in [0.29, 0.717) is 6.04 Å². The first kappa shape index (κ1) is 16.4. The molecule has 112 valence electrons. The molecule has 21 heavy (non-hydrogen) atoms. The third-order valence-corrected chi connectivity index (χ3v) is 4.97. The van der Waals surface area contributed by atoms with Crippen LogP contribution in [0.5, 0.6) is 0 Å². The molecule has 1 nitrogen and oxygen atoms in total. The molecule has 0 amide bonds. The first-order valence-corrected chi connectivity index (χ1v) is 8.70. The number of rotatable bonds is 6. The van der Waals surface area contributed by atoms with Gasteiger partial charge >= 0.3 is 0 Å². The van der Waals surface area contributed by atoms with Crippen molar-refractivity contribution in [1.82, 2.24) is 5.32 Å². The van der Waals surface area contributed by atoms with Crippen molar-refractivity contribution in [3.63, 3.8) is 0 Å². The number of benzene rings is 2. The largest absolute Gasteiger partial charge is 0.312 e. The van der Waals surface area contributed by atoms with E-state index >= 15 is 0 Å². The molecule has 0 saturated carbocycles. The average molecular weight is 320 g/mol. The zero-order chi connectivity index (χ0) is 15.2. The summed E-state index contributed by atoms with van der Waals surface area (Å²) in [6, 6.07) is 15.2. The van der Waals surface area contributed by atoms with Crippen molar-refractivity contribution in [2.45, 2.75) is 25.6 Å². The first-order valence-electron chi connectivity index (χ1n) is 7.16. The maximum atomic E-state index is 5.91. The van der Waals surface area contributed by atoms with E-state index in [-0.39, 0.29) is 0 Å². The van der Waals surface area contributed by atoms with E-state index in [1.807, 2.05) is 30.9 Å². The number of hydrogen-bond donors (Lipinski definition) is 1. The summed E-state index contributed by atoms with van der Waals surface area (Å²) in [5.74, 6) is 2.07. The number of hydrogen-bond acceptors (Lipinski definition) is 2. The van der Waals surface area contributed by atoms with E-state index in [4.69, 9.17) is 11.6 Å². The Labute approximate surface area is 137 Å². The van der Waals surface area contributed by atoms with Crippen LogP contribution in [0.2, 0.25) is 5.02 Å². The topological polar surface area (TPSA) is 12.0 Å². The lowest BCUT2D eigenvalue weighted by atomic mass is 10.0. The van der Waals surface area contributed by atoms with E-state index in [1.54, 1.807) is 0 Å². The van der Waals surface area contributed by atoms with E-state index in [0.717, 1.165) is 16.5 Å².